The third-order valence-corrected chi connectivity index (χ3v) is 6.15. The molecule has 0 atom stereocenters. The Morgan fingerprint density at radius 3 is 2.69 bits per heavy atom. The number of carbonyl (C=O) groups is 1. The molecule has 0 spiro atoms. The highest BCUT2D eigenvalue weighted by Gasteiger charge is 2.18. The first kappa shape index (κ1) is 22.7. The van der Waals surface area contributed by atoms with E-state index in [0.717, 1.165) is 16.4 Å². The highest BCUT2D eigenvalue weighted by molar-refractivity contribution is 7.99. The summed E-state index contributed by atoms with van der Waals surface area (Å²) in [6.07, 6.45) is 0. The minimum atomic E-state index is -0.226. The quantitative estimate of drug-likeness (QED) is 0.259. The Labute approximate surface area is 204 Å². The number of nitrogens with zero attached hydrogens (tertiary/aromatic N) is 5. The summed E-state index contributed by atoms with van der Waals surface area (Å²) in [4.78, 5) is 21.7. The van der Waals surface area contributed by atoms with Gasteiger partial charge in [0, 0.05) is 29.9 Å². The number of methoxy groups -OCH3 is 1. The molecule has 11 nitrogen and oxygen atoms in total. The number of carbonyl (C=O) groups excluding carboxylic acids is 1. The minimum Gasteiger partial charge on any atom is -0.495 e. The van der Waals surface area contributed by atoms with E-state index in [2.05, 4.69) is 36.1 Å². The zero-order valence-corrected chi connectivity index (χ0v) is 20.3. The van der Waals surface area contributed by atoms with Crippen LogP contribution < -0.4 is 20.7 Å². The molecule has 0 aliphatic rings. The van der Waals surface area contributed by atoms with Crippen LogP contribution in [0.1, 0.15) is 13.8 Å². The van der Waals surface area contributed by atoms with Gasteiger partial charge in [-0.1, -0.05) is 30.0 Å². The lowest BCUT2D eigenvalue weighted by atomic mass is 10.1. The van der Waals surface area contributed by atoms with Gasteiger partial charge in [-0.05, 0) is 26.0 Å². The molecule has 3 aromatic heterocycles. The fraction of sp³-hybridized carbons (Fsp3) is 0.261. The maximum Gasteiger partial charge on any atom is 0.261 e. The number of nitrogens with one attached hydrogen (secondary N) is 3. The second-order valence-electron chi connectivity index (χ2n) is 7.53. The van der Waals surface area contributed by atoms with E-state index in [0.29, 0.717) is 52.9 Å². The Morgan fingerprint density at radius 1 is 1.06 bits per heavy atom. The average molecular weight is 493 g/mol. The van der Waals surface area contributed by atoms with E-state index in [1.165, 1.54) is 11.8 Å². The highest BCUT2D eigenvalue weighted by atomic mass is 32.2. The monoisotopic (exact) mass is 492 g/mol. The van der Waals surface area contributed by atoms with Gasteiger partial charge in [0.15, 0.2) is 5.16 Å². The fourth-order valence-corrected chi connectivity index (χ4v) is 4.46. The van der Waals surface area contributed by atoms with Crippen LogP contribution in [0.25, 0.3) is 27.7 Å². The molecule has 0 saturated carbocycles. The van der Waals surface area contributed by atoms with Gasteiger partial charge in [0.05, 0.1) is 18.6 Å². The van der Waals surface area contributed by atoms with Gasteiger partial charge in [0.25, 0.3) is 5.78 Å². The molecule has 180 valence electrons. The molecule has 12 heteroatoms. The first-order chi connectivity index (χ1) is 17.1. The van der Waals surface area contributed by atoms with E-state index < -0.39 is 0 Å². The number of hydrogen-bond acceptors (Lipinski definition) is 10. The first-order valence-corrected chi connectivity index (χ1v) is 12.1. The molecule has 0 radical (unpaired) electrons. The number of amides is 1. The molecule has 3 heterocycles. The number of ether oxygens (including phenoxy) is 1. The minimum absolute atomic E-state index is 0.0998. The zero-order chi connectivity index (χ0) is 24.4. The number of para-hydroxylation sites is 1. The number of thioether (sulfide) groups is 1. The highest BCUT2D eigenvalue weighted by Crippen LogP contribution is 2.36. The molecule has 0 aliphatic heterocycles. The van der Waals surface area contributed by atoms with Crippen molar-refractivity contribution in [2.75, 3.05) is 41.9 Å². The lowest BCUT2D eigenvalue weighted by Crippen LogP contribution is -2.15. The van der Waals surface area contributed by atoms with Gasteiger partial charge in [-0.2, -0.15) is 9.97 Å². The van der Waals surface area contributed by atoms with E-state index >= 15 is 0 Å². The van der Waals surface area contributed by atoms with Gasteiger partial charge in [-0.15, -0.1) is 10.2 Å². The number of rotatable bonds is 9. The van der Waals surface area contributed by atoms with Gasteiger partial charge in [-0.3, -0.25) is 4.79 Å². The SMILES string of the molecule is CCNc1nc(NCC)n2c(SCC(=O)Nc3cc4oc5ccccc5c4cc3OC)nnc2n1. The molecule has 5 rings (SSSR count). The first-order valence-electron chi connectivity index (χ1n) is 11.1. The molecule has 0 bridgehead atoms. The van der Waals surface area contributed by atoms with Crippen molar-refractivity contribution in [1.29, 1.82) is 0 Å². The Morgan fingerprint density at radius 2 is 1.89 bits per heavy atom. The van der Waals surface area contributed by atoms with Gasteiger partial charge >= 0.3 is 0 Å². The topological polar surface area (TPSA) is 132 Å². The Balaban J connectivity index is 1.37. The third kappa shape index (κ3) is 4.39. The standard InChI is InChI=1S/C23H24N8O3S/c1-4-24-20-27-21(25-5-2)31-22(28-20)29-30-23(31)35-12-19(32)26-15-11-17-14(10-18(15)33-3)13-8-6-7-9-16(13)34-17/h6-11H,4-5,12H2,1-3H3,(H,26,32)(H2,24,25,27,28,29). The molecular formula is C23H24N8O3S. The van der Waals surface area contributed by atoms with Gasteiger partial charge in [0.2, 0.25) is 17.8 Å². The Bertz CT molecular complexity index is 1530. The third-order valence-electron chi connectivity index (χ3n) is 5.22. The number of hydrogen-bond donors (Lipinski definition) is 3. The van der Waals surface area contributed by atoms with E-state index in [4.69, 9.17) is 9.15 Å². The van der Waals surface area contributed by atoms with Crippen molar-refractivity contribution in [1.82, 2.24) is 24.6 Å². The van der Waals surface area contributed by atoms with Crippen molar-refractivity contribution in [3.8, 4) is 5.75 Å². The summed E-state index contributed by atoms with van der Waals surface area (Å²) in [5.41, 5.74) is 1.98. The Kier molecular flexibility index (Phi) is 6.27. The smallest absolute Gasteiger partial charge is 0.261 e. The summed E-state index contributed by atoms with van der Waals surface area (Å²) in [5, 5.41) is 20.0. The molecular weight excluding hydrogens is 468 g/mol. The lowest BCUT2D eigenvalue weighted by Gasteiger charge is -2.11. The van der Waals surface area contributed by atoms with Crippen LogP contribution in [0.5, 0.6) is 5.75 Å². The van der Waals surface area contributed by atoms with Crippen LogP contribution in [0.15, 0.2) is 46.0 Å². The molecule has 3 N–H and O–H groups in total. The predicted octanol–water partition coefficient (Wildman–Crippen LogP) is 4.02. The normalized spacial score (nSPS) is 11.3. The van der Waals surface area contributed by atoms with Crippen molar-refractivity contribution in [2.24, 2.45) is 0 Å². The largest absolute Gasteiger partial charge is 0.495 e. The number of aromatic nitrogens is 5. The van der Waals surface area contributed by atoms with Crippen molar-refractivity contribution in [2.45, 2.75) is 19.0 Å². The van der Waals surface area contributed by atoms with Crippen LogP contribution in [-0.2, 0) is 4.79 Å². The number of fused-ring (bicyclic) bond motifs is 4. The van der Waals surface area contributed by atoms with Crippen LogP contribution >= 0.6 is 11.8 Å². The maximum atomic E-state index is 12.8. The van der Waals surface area contributed by atoms with Gasteiger partial charge < -0.3 is 25.1 Å². The summed E-state index contributed by atoms with van der Waals surface area (Å²) in [7, 11) is 1.57. The summed E-state index contributed by atoms with van der Waals surface area (Å²) in [6.45, 7) is 5.27. The number of furan rings is 1. The van der Waals surface area contributed by atoms with Crippen LogP contribution in [0.2, 0.25) is 0 Å². The Hall–Kier alpha value is -4.06. The average Bonchev–Trinajstić information content (AvgIpc) is 3.43. The van der Waals surface area contributed by atoms with Crippen molar-refractivity contribution in [3.63, 3.8) is 0 Å². The fourth-order valence-electron chi connectivity index (χ4n) is 3.73. The van der Waals surface area contributed by atoms with Crippen LogP contribution in [-0.4, -0.2) is 56.4 Å². The number of anilines is 3. The second kappa shape index (κ2) is 9.66. The molecule has 35 heavy (non-hydrogen) atoms. The van der Waals surface area contributed by atoms with Crippen molar-refractivity contribution in [3.05, 3.63) is 36.4 Å². The van der Waals surface area contributed by atoms with Crippen LogP contribution in [0, 0.1) is 0 Å². The molecule has 2 aromatic carbocycles. The molecule has 0 aliphatic carbocycles. The van der Waals surface area contributed by atoms with Gasteiger partial charge in [0.1, 0.15) is 16.9 Å². The molecule has 0 unspecified atom stereocenters. The van der Waals surface area contributed by atoms with E-state index in [9.17, 15) is 4.79 Å². The van der Waals surface area contributed by atoms with Crippen LogP contribution in [0.3, 0.4) is 0 Å². The van der Waals surface area contributed by atoms with E-state index in [1.807, 2.05) is 44.2 Å². The van der Waals surface area contributed by atoms with Crippen molar-refractivity contribution < 1.29 is 13.9 Å². The molecule has 0 saturated heterocycles. The van der Waals surface area contributed by atoms with Crippen LogP contribution in [0.4, 0.5) is 17.6 Å². The predicted molar refractivity (Wildman–Crippen MR) is 137 cm³/mol. The summed E-state index contributed by atoms with van der Waals surface area (Å²) in [6, 6.07) is 11.4. The second-order valence-corrected chi connectivity index (χ2v) is 8.48. The van der Waals surface area contributed by atoms with Gasteiger partial charge in [-0.25, -0.2) is 4.40 Å². The molecule has 1 amide bonds. The summed E-state index contributed by atoms with van der Waals surface area (Å²) < 4.78 is 13.2. The summed E-state index contributed by atoms with van der Waals surface area (Å²) >= 11 is 1.24. The maximum absolute atomic E-state index is 12.8. The lowest BCUT2D eigenvalue weighted by molar-refractivity contribution is -0.113. The summed E-state index contributed by atoms with van der Waals surface area (Å²) in [5.74, 6) is 1.84. The number of benzene rings is 2. The zero-order valence-electron chi connectivity index (χ0n) is 19.5. The molecule has 0 fully saturated rings. The van der Waals surface area contributed by atoms with Crippen molar-refractivity contribution >= 4 is 63.0 Å². The van der Waals surface area contributed by atoms with E-state index in [-0.39, 0.29) is 11.7 Å². The van der Waals surface area contributed by atoms with E-state index in [1.54, 1.807) is 17.6 Å². The molecule has 5 aromatic rings.